The molecule has 0 aromatic heterocycles. The van der Waals surface area contributed by atoms with E-state index < -0.39 is 12.4 Å². The molecule has 0 saturated heterocycles. The highest BCUT2D eigenvalue weighted by Gasteiger charge is 2.32. The SMILES string of the molecule is CCOC(CN1C(=O)C(C)Oc2ccccc21)OCC. The van der Waals surface area contributed by atoms with Crippen LogP contribution in [0.3, 0.4) is 0 Å². The molecule has 1 aromatic rings. The number of ether oxygens (including phenoxy) is 3. The van der Waals surface area contributed by atoms with Gasteiger partial charge in [-0.15, -0.1) is 0 Å². The summed E-state index contributed by atoms with van der Waals surface area (Å²) < 4.78 is 16.7. The summed E-state index contributed by atoms with van der Waals surface area (Å²) in [6.07, 6.45) is -0.916. The maximum Gasteiger partial charge on any atom is 0.268 e. The first kappa shape index (κ1) is 14.8. The molecule has 5 heteroatoms. The summed E-state index contributed by atoms with van der Waals surface area (Å²) in [4.78, 5) is 14.0. The minimum Gasteiger partial charge on any atom is -0.479 e. The van der Waals surface area contributed by atoms with E-state index in [1.165, 1.54) is 0 Å². The molecule has 0 N–H and O–H groups in total. The van der Waals surface area contributed by atoms with Gasteiger partial charge in [0, 0.05) is 13.2 Å². The second kappa shape index (κ2) is 6.72. The molecule has 2 rings (SSSR count). The van der Waals surface area contributed by atoms with Crippen LogP contribution in [0.5, 0.6) is 5.75 Å². The van der Waals surface area contributed by atoms with Crippen LogP contribution in [0.2, 0.25) is 0 Å². The Morgan fingerprint density at radius 1 is 1.25 bits per heavy atom. The van der Waals surface area contributed by atoms with Crippen molar-refractivity contribution < 1.29 is 19.0 Å². The lowest BCUT2D eigenvalue weighted by atomic mass is 10.2. The molecule has 0 radical (unpaired) electrons. The van der Waals surface area contributed by atoms with Crippen molar-refractivity contribution in [2.24, 2.45) is 0 Å². The number of amides is 1. The summed E-state index contributed by atoms with van der Waals surface area (Å²) in [6.45, 7) is 7.01. The predicted molar refractivity (Wildman–Crippen MR) is 75.9 cm³/mol. The topological polar surface area (TPSA) is 48.0 Å². The number of anilines is 1. The van der Waals surface area contributed by atoms with Crippen LogP contribution in [-0.4, -0.2) is 38.1 Å². The standard InChI is InChI=1S/C15H21NO4/c1-4-18-14(19-5-2)10-16-12-8-6-7-9-13(12)20-11(3)15(16)17/h6-9,11,14H,4-5,10H2,1-3H3. The summed E-state index contributed by atoms with van der Waals surface area (Å²) in [5.74, 6) is 0.638. The number of nitrogens with zero attached hydrogens (tertiary/aromatic N) is 1. The van der Waals surface area contributed by atoms with Gasteiger partial charge in [0.25, 0.3) is 5.91 Å². The van der Waals surface area contributed by atoms with Crippen molar-refractivity contribution in [1.29, 1.82) is 0 Å². The Kier molecular flexibility index (Phi) is 4.98. The van der Waals surface area contributed by atoms with Gasteiger partial charge in [-0.25, -0.2) is 0 Å². The maximum absolute atomic E-state index is 12.3. The van der Waals surface area contributed by atoms with Gasteiger partial charge in [-0.05, 0) is 32.9 Å². The van der Waals surface area contributed by atoms with Crippen molar-refractivity contribution >= 4 is 11.6 Å². The van der Waals surface area contributed by atoms with Crippen molar-refractivity contribution in [2.45, 2.75) is 33.2 Å². The Balaban J connectivity index is 2.22. The first-order chi connectivity index (χ1) is 9.67. The van der Waals surface area contributed by atoms with E-state index in [4.69, 9.17) is 14.2 Å². The highest BCUT2D eigenvalue weighted by molar-refractivity contribution is 5.99. The highest BCUT2D eigenvalue weighted by atomic mass is 16.7. The van der Waals surface area contributed by atoms with Gasteiger partial charge >= 0.3 is 0 Å². The molecule has 110 valence electrons. The first-order valence-corrected chi connectivity index (χ1v) is 6.97. The number of hydrogen-bond acceptors (Lipinski definition) is 4. The molecule has 1 aliphatic heterocycles. The van der Waals surface area contributed by atoms with Crippen LogP contribution in [0.15, 0.2) is 24.3 Å². The molecule has 1 amide bonds. The number of benzene rings is 1. The van der Waals surface area contributed by atoms with E-state index in [1.54, 1.807) is 11.8 Å². The normalized spacial score (nSPS) is 18.1. The van der Waals surface area contributed by atoms with E-state index in [9.17, 15) is 4.79 Å². The van der Waals surface area contributed by atoms with E-state index in [0.29, 0.717) is 25.5 Å². The average molecular weight is 279 g/mol. The molecule has 1 heterocycles. The number of rotatable bonds is 6. The van der Waals surface area contributed by atoms with Gasteiger partial charge in [0.2, 0.25) is 0 Å². The third-order valence-corrected chi connectivity index (χ3v) is 3.11. The molecule has 1 aromatic carbocycles. The summed E-state index contributed by atoms with van der Waals surface area (Å²) >= 11 is 0. The number of carbonyl (C=O) groups is 1. The molecular formula is C15H21NO4. The smallest absolute Gasteiger partial charge is 0.268 e. The summed E-state index contributed by atoms with van der Waals surface area (Å²) in [6, 6.07) is 7.51. The molecule has 0 aliphatic carbocycles. The van der Waals surface area contributed by atoms with Crippen LogP contribution >= 0.6 is 0 Å². The number of para-hydroxylation sites is 2. The lowest BCUT2D eigenvalue weighted by Crippen LogP contribution is -2.48. The third kappa shape index (κ3) is 3.11. The van der Waals surface area contributed by atoms with Crippen molar-refractivity contribution in [3.8, 4) is 5.75 Å². The minimum absolute atomic E-state index is 0.0758. The Labute approximate surface area is 119 Å². The van der Waals surface area contributed by atoms with Crippen molar-refractivity contribution in [2.75, 3.05) is 24.7 Å². The fourth-order valence-corrected chi connectivity index (χ4v) is 2.22. The van der Waals surface area contributed by atoms with Crippen molar-refractivity contribution in [3.63, 3.8) is 0 Å². The first-order valence-electron chi connectivity index (χ1n) is 6.97. The quantitative estimate of drug-likeness (QED) is 0.749. The molecule has 1 aliphatic rings. The lowest BCUT2D eigenvalue weighted by molar-refractivity contribution is -0.139. The van der Waals surface area contributed by atoms with Crippen LogP contribution < -0.4 is 9.64 Å². The van der Waals surface area contributed by atoms with E-state index in [2.05, 4.69) is 0 Å². The van der Waals surface area contributed by atoms with E-state index in [-0.39, 0.29) is 5.91 Å². The predicted octanol–water partition coefficient (Wildman–Crippen LogP) is 2.20. The molecule has 0 bridgehead atoms. The average Bonchev–Trinajstić information content (AvgIpc) is 2.44. The lowest BCUT2D eigenvalue weighted by Gasteiger charge is -2.34. The van der Waals surface area contributed by atoms with Crippen LogP contribution in [-0.2, 0) is 14.3 Å². The Morgan fingerprint density at radius 3 is 2.55 bits per heavy atom. The van der Waals surface area contributed by atoms with Crippen LogP contribution in [0.25, 0.3) is 0 Å². The monoisotopic (exact) mass is 279 g/mol. The van der Waals surface area contributed by atoms with Crippen LogP contribution in [0, 0.1) is 0 Å². The van der Waals surface area contributed by atoms with E-state index in [1.807, 2.05) is 38.1 Å². The van der Waals surface area contributed by atoms with Gasteiger partial charge in [0.15, 0.2) is 12.4 Å². The fourth-order valence-electron chi connectivity index (χ4n) is 2.22. The summed E-state index contributed by atoms with van der Waals surface area (Å²) in [5.41, 5.74) is 0.764. The van der Waals surface area contributed by atoms with Crippen LogP contribution in [0.4, 0.5) is 5.69 Å². The van der Waals surface area contributed by atoms with Gasteiger partial charge in [-0.3, -0.25) is 4.79 Å². The summed E-state index contributed by atoms with van der Waals surface area (Å²) in [5, 5.41) is 0. The van der Waals surface area contributed by atoms with Gasteiger partial charge in [0.05, 0.1) is 12.2 Å². The van der Waals surface area contributed by atoms with Crippen molar-refractivity contribution in [3.05, 3.63) is 24.3 Å². The second-order valence-corrected chi connectivity index (χ2v) is 4.52. The molecule has 0 fully saturated rings. The van der Waals surface area contributed by atoms with Gasteiger partial charge in [-0.1, -0.05) is 12.1 Å². The Bertz CT molecular complexity index is 457. The number of fused-ring (bicyclic) bond motifs is 1. The van der Waals surface area contributed by atoms with Gasteiger partial charge in [-0.2, -0.15) is 0 Å². The molecule has 1 unspecified atom stereocenters. The zero-order valence-corrected chi connectivity index (χ0v) is 12.2. The number of carbonyl (C=O) groups excluding carboxylic acids is 1. The van der Waals surface area contributed by atoms with E-state index >= 15 is 0 Å². The molecule has 0 saturated carbocycles. The molecule has 5 nitrogen and oxygen atoms in total. The zero-order valence-electron chi connectivity index (χ0n) is 12.2. The zero-order chi connectivity index (χ0) is 14.5. The minimum atomic E-state index is -0.492. The second-order valence-electron chi connectivity index (χ2n) is 4.52. The van der Waals surface area contributed by atoms with E-state index in [0.717, 1.165) is 5.69 Å². The van der Waals surface area contributed by atoms with Crippen LogP contribution in [0.1, 0.15) is 20.8 Å². The molecule has 20 heavy (non-hydrogen) atoms. The Morgan fingerprint density at radius 2 is 1.90 bits per heavy atom. The fraction of sp³-hybridized carbons (Fsp3) is 0.533. The van der Waals surface area contributed by atoms with Gasteiger partial charge in [0.1, 0.15) is 5.75 Å². The molecule has 1 atom stereocenters. The maximum atomic E-state index is 12.3. The summed E-state index contributed by atoms with van der Waals surface area (Å²) in [7, 11) is 0. The third-order valence-electron chi connectivity index (χ3n) is 3.11. The number of hydrogen-bond donors (Lipinski definition) is 0. The Hall–Kier alpha value is -1.59. The molecular weight excluding hydrogens is 258 g/mol. The highest BCUT2D eigenvalue weighted by Crippen LogP contribution is 2.33. The largest absolute Gasteiger partial charge is 0.479 e. The van der Waals surface area contributed by atoms with Crippen molar-refractivity contribution in [1.82, 2.24) is 0 Å². The molecule has 0 spiro atoms. The van der Waals surface area contributed by atoms with Gasteiger partial charge < -0.3 is 19.1 Å².